The number of rotatable bonds is 7. The Bertz CT molecular complexity index is 1390. The van der Waals surface area contributed by atoms with E-state index in [1.165, 1.54) is 12.1 Å². The van der Waals surface area contributed by atoms with E-state index in [-0.39, 0.29) is 32.5 Å². The monoisotopic (exact) mass is 582 g/mol. The maximum Gasteiger partial charge on any atom is 0.336 e. The van der Waals surface area contributed by atoms with Gasteiger partial charge in [-0.3, -0.25) is 9.69 Å². The van der Waals surface area contributed by atoms with Gasteiger partial charge in [-0.2, -0.15) is 0 Å². The van der Waals surface area contributed by atoms with E-state index >= 15 is 0 Å². The summed E-state index contributed by atoms with van der Waals surface area (Å²) in [6.45, 7) is 3.91. The van der Waals surface area contributed by atoms with E-state index in [0.29, 0.717) is 24.6 Å². The molecule has 3 aromatic carbocycles. The van der Waals surface area contributed by atoms with Gasteiger partial charge in [-0.15, -0.1) is 0 Å². The van der Waals surface area contributed by atoms with Gasteiger partial charge in [-0.1, -0.05) is 53.5 Å². The number of likely N-dealkylation sites (tertiary alicyclic amines) is 2. The number of carbonyl (C=O) groups excluding carboxylic acids is 1. The lowest BCUT2D eigenvalue weighted by molar-refractivity contribution is 0.0282. The van der Waals surface area contributed by atoms with Crippen molar-refractivity contribution in [1.82, 2.24) is 9.80 Å². The molecule has 0 radical (unpaired) electrons. The highest BCUT2D eigenvalue weighted by atomic mass is 35.5. The molecular formula is C31H32Cl2N2O5. The molecule has 0 bridgehead atoms. The topological polar surface area (TPSA) is 79.3 Å². The second-order valence-electron chi connectivity index (χ2n) is 10.5. The van der Waals surface area contributed by atoms with Crippen LogP contribution in [-0.4, -0.2) is 60.1 Å². The second kappa shape index (κ2) is 12.1. The highest BCUT2D eigenvalue weighted by Crippen LogP contribution is 2.42. The summed E-state index contributed by atoms with van der Waals surface area (Å²) >= 11 is 12.1. The summed E-state index contributed by atoms with van der Waals surface area (Å²) in [5.74, 6) is 0.697. The molecule has 3 aromatic rings. The summed E-state index contributed by atoms with van der Waals surface area (Å²) in [6, 6.07) is 18.4. The van der Waals surface area contributed by atoms with Crippen molar-refractivity contribution in [2.24, 2.45) is 5.41 Å². The number of ether oxygens (including phenoxy) is 2. The maximum absolute atomic E-state index is 13.3. The Kier molecular flexibility index (Phi) is 8.54. The van der Waals surface area contributed by atoms with E-state index in [1.807, 2.05) is 42.5 Å². The first-order valence-corrected chi connectivity index (χ1v) is 14.2. The fourth-order valence-corrected chi connectivity index (χ4v) is 6.06. The van der Waals surface area contributed by atoms with Crippen LogP contribution in [0.1, 0.15) is 52.0 Å². The van der Waals surface area contributed by atoms with Gasteiger partial charge in [0, 0.05) is 25.2 Å². The highest BCUT2D eigenvalue weighted by molar-refractivity contribution is 6.42. The number of carboxylic acids is 1. The second-order valence-corrected chi connectivity index (χ2v) is 11.4. The summed E-state index contributed by atoms with van der Waals surface area (Å²) in [4.78, 5) is 29.2. The van der Waals surface area contributed by atoms with Crippen molar-refractivity contribution in [2.75, 3.05) is 33.3 Å². The average Bonchev–Trinajstić information content (AvgIpc) is 2.97. The molecule has 210 valence electrons. The number of nitrogens with zero attached hydrogens (tertiary/aromatic N) is 2. The molecular weight excluding hydrogens is 551 g/mol. The van der Waals surface area contributed by atoms with Crippen LogP contribution in [0.5, 0.6) is 17.2 Å². The van der Waals surface area contributed by atoms with Crippen LogP contribution in [0.25, 0.3) is 0 Å². The number of amides is 1. The van der Waals surface area contributed by atoms with Gasteiger partial charge in [0.1, 0.15) is 5.75 Å². The molecule has 0 unspecified atom stereocenters. The van der Waals surface area contributed by atoms with Gasteiger partial charge < -0.3 is 19.5 Å². The Balaban J connectivity index is 1.19. The van der Waals surface area contributed by atoms with Crippen LogP contribution in [0, 0.1) is 5.41 Å². The Hall–Kier alpha value is -3.26. The first-order chi connectivity index (χ1) is 19.3. The number of piperidine rings is 2. The first-order valence-electron chi connectivity index (χ1n) is 13.4. The van der Waals surface area contributed by atoms with Crippen LogP contribution < -0.4 is 9.47 Å². The zero-order chi connectivity index (χ0) is 28.3. The Morgan fingerprint density at radius 1 is 0.825 bits per heavy atom. The third kappa shape index (κ3) is 6.07. The standard InChI is InChI=1S/C31H32Cl2N2O5/c1-39-27-8-4-5-9-28(27)40-26-7-3-2-6-21(26)20-34-14-10-31(11-15-34)12-16-35(17-13-31)29(36)22-18-24(32)25(33)19-23(22)30(37)38/h2-9,18-19H,10-17,20H2,1H3,(H,37,38). The van der Waals surface area contributed by atoms with E-state index < -0.39 is 5.97 Å². The number of aromatic carboxylic acids is 1. The van der Waals surface area contributed by atoms with Crippen molar-refractivity contribution >= 4 is 35.1 Å². The third-order valence-electron chi connectivity index (χ3n) is 8.20. The van der Waals surface area contributed by atoms with Crippen molar-refractivity contribution in [3.05, 3.63) is 87.4 Å². The maximum atomic E-state index is 13.3. The zero-order valence-corrected chi connectivity index (χ0v) is 23.9. The summed E-state index contributed by atoms with van der Waals surface area (Å²) < 4.78 is 11.7. The zero-order valence-electron chi connectivity index (χ0n) is 22.4. The molecule has 2 saturated heterocycles. The smallest absolute Gasteiger partial charge is 0.336 e. The summed E-state index contributed by atoms with van der Waals surface area (Å²) in [7, 11) is 1.64. The average molecular weight is 584 g/mol. The summed E-state index contributed by atoms with van der Waals surface area (Å²) in [5, 5.41) is 9.87. The fraction of sp³-hybridized carbons (Fsp3) is 0.355. The number of halogens is 2. The van der Waals surface area contributed by atoms with Crippen LogP contribution in [0.4, 0.5) is 0 Å². The lowest BCUT2D eigenvalue weighted by Gasteiger charge is -2.47. The Labute approximate surface area is 244 Å². The molecule has 2 aliphatic heterocycles. The molecule has 0 aromatic heterocycles. The molecule has 40 heavy (non-hydrogen) atoms. The summed E-state index contributed by atoms with van der Waals surface area (Å²) in [6.07, 6.45) is 3.89. The highest BCUT2D eigenvalue weighted by Gasteiger charge is 2.39. The van der Waals surface area contributed by atoms with E-state index in [9.17, 15) is 14.7 Å². The largest absolute Gasteiger partial charge is 0.493 e. The molecule has 1 amide bonds. The van der Waals surface area contributed by atoms with Gasteiger partial charge in [0.05, 0.1) is 28.3 Å². The first kappa shape index (κ1) is 28.3. The Morgan fingerprint density at radius 3 is 2.00 bits per heavy atom. The molecule has 9 heteroatoms. The molecule has 2 heterocycles. The quantitative estimate of drug-likeness (QED) is 0.322. The van der Waals surface area contributed by atoms with Crippen molar-refractivity contribution in [2.45, 2.75) is 32.2 Å². The molecule has 2 aliphatic rings. The predicted octanol–water partition coefficient (Wildman–Crippen LogP) is 7.01. The molecule has 0 aliphatic carbocycles. The minimum absolute atomic E-state index is 0.0849. The lowest BCUT2D eigenvalue weighted by atomic mass is 9.71. The molecule has 1 N–H and O–H groups in total. The SMILES string of the molecule is COc1ccccc1Oc1ccccc1CN1CCC2(CC1)CCN(C(=O)c1cc(Cl)c(Cl)cc1C(=O)O)CC2. The van der Waals surface area contributed by atoms with Crippen molar-refractivity contribution < 1.29 is 24.2 Å². The van der Waals surface area contributed by atoms with E-state index in [2.05, 4.69) is 11.0 Å². The molecule has 2 fully saturated rings. The van der Waals surface area contributed by atoms with Crippen LogP contribution in [0.15, 0.2) is 60.7 Å². The van der Waals surface area contributed by atoms with Gasteiger partial charge in [-0.05, 0) is 74.5 Å². The Morgan fingerprint density at radius 2 is 1.38 bits per heavy atom. The minimum Gasteiger partial charge on any atom is -0.493 e. The summed E-state index contributed by atoms with van der Waals surface area (Å²) in [5.41, 5.74) is 1.28. The van der Waals surface area contributed by atoms with E-state index in [1.54, 1.807) is 12.0 Å². The minimum atomic E-state index is -1.20. The molecule has 0 atom stereocenters. The molecule has 7 nitrogen and oxygen atoms in total. The van der Waals surface area contributed by atoms with Gasteiger partial charge in [0.25, 0.3) is 5.91 Å². The number of hydrogen-bond donors (Lipinski definition) is 1. The van der Waals surface area contributed by atoms with E-state index in [0.717, 1.165) is 56.6 Å². The van der Waals surface area contributed by atoms with Crippen LogP contribution in [0.2, 0.25) is 10.0 Å². The predicted molar refractivity (Wildman–Crippen MR) is 155 cm³/mol. The fourth-order valence-electron chi connectivity index (χ4n) is 5.74. The number of para-hydroxylation sites is 3. The van der Waals surface area contributed by atoms with Gasteiger partial charge in [-0.25, -0.2) is 4.79 Å². The van der Waals surface area contributed by atoms with Crippen molar-refractivity contribution in [3.8, 4) is 17.2 Å². The number of hydrogen-bond acceptors (Lipinski definition) is 5. The molecule has 0 saturated carbocycles. The van der Waals surface area contributed by atoms with Crippen LogP contribution >= 0.6 is 23.2 Å². The number of carbonyl (C=O) groups is 2. The molecule has 5 rings (SSSR count). The number of benzene rings is 3. The van der Waals surface area contributed by atoms with Gasteiger partial charge in [0.15, 0.2) is 11.5 Å². The number of methoxy groups -OCH3 is 1. The molecule has 1 spiro atoms. The van der Waals surface area contributed by atoms with Crippen LogP contribution in [0.3, 0.4) is 0 Å². The third-order valence-corrected chi connectivity index (χ3v) is 8.93. The number of carboxylic acid groups (broad SMARTS) is 1. The van der Waals surface area contributed by atoms with E-state index in [4.69, 9.17) is 32.7 Å². The normalized spacial score (nSPS) is 17.0. The van der Waals surface area contributed by atoms with Crippen molar-refractivity contribution in [3.63, 3.8) is 0 Å². The van der Waals surface area contributed by atoms with Gasteiger partial charge >= 0.3 is 5.97 Å². The van der Waals surface area contributed by atoms with Crippen LogP contribution in [-0.2, 0) is 6.54 Å². The van der Waals surface area contributed by atoms with Gasteiger partial charge in [0.2, 0.25) is 0 Å². The van der Waals surface area contributed by atoms with Crippen molar-refractivity contribution in [1.29, 1.82) is 0 Å². The lowest BCUT2D eigenvalue weighted by Crippen LogP contribution is -2.48.